The minimum absolute atomic E-state index is 0.166. The van der Waals surface area contributed by atoms with Crippen molar-refractivity contribution in [3.63, 3.8) is 0 Å². The highest BCUT2D eigenvalue weighted by Crippen LogP contribution is 2.27. The lowest BCUT2D eigenvalue weighted by Crippen LogP contribution is -2.63. The van der Waals surface area contributed by atoms with Gasteiger partial charge in [0.05, 0.1) is 6.54 Å². The lowest BCUT2D eigenvalue weighted by atomic mass is 9.92. The summed E-state index contributed by atoms with van der Waals surface area (Å²) >= 11 is 0. The Bertz CT molecular complexity index is 722. The van der Waals surface area contributed by atoms with Gasteiger partial charge in [0.15, 0.2) is 5.69 Å². The molecule has 2 heterocycles. The Kier molecular flexibility index (Phi) is 5.02. The van der Waals surface area contributed by atoms with Gasteiger partial charge in [-0.2, -0.15) is 5.10 Å². The number of nitrogens with zero attached hydrogens (tertiary/aromatic N) is 3. The van der Waals surface area contributed by atoms with E-state index in [0.717, 1.165) is 25.7 Å². The molecule has 1 aromatic rings. The number of aromatic nitrogens is 2. The fourth-order valence-corrected chi connectivity index (χ4v) is 3.68. The van der Waals surface area contributed by atoms with Crippen LogP contribution in [-0.2, 0) is 11.3 Å². The molecule has 1 aromatic heterocycles. The van der Waals surface area contributed by atoms with Crippen LogP contribution in [0.2, 0.25) is 0 Å². The van der Waals surface area contributed by atoms with Crippen molar-refractivity contribution in [2.45, 2.75) is 64.1 Å². The Morgan fingerprint density at radius 1 is 1.31 bits per heavy atom. The Labute approximate surface area is 153 Å². The summed E-state index contributed by atoms with van der Waals surface area (Å²) in [7, 11) is 1.63. The predicted octanol–water partition coefficient (Wildman–Crippen LogP) is 0.926. The van der Waals surface area contributed by atoms with Crippen molar-refractivity contribution >= 4 is 17.7 Å². The molecule has 2 aliphatic rings. The summed E-state index contributed by atoms with van der Waals surface area (Å²) in [5.74, 6) is -0.792. The minimum atomic E-state index is -1.04. The van der Waals surface area contributed by atoms with Crippen molar-refractivity contribution < 1.29 is 14.4 Å². The molecule has 1 aliphatic carbocycles. The molecular weight excluding hydrogens is 334 g/mol. The molecule has 1 atom stereocenters. The first-order valence-corrected chi connectivity index (χ1v) is 9.32. The molecule has 1 aliphatic heterocycles. The van der Waals surface area contributed by atoms with Crippen molar-refractivity contribution in [3.8, 4) is 0 Å². The topological polar surface area (TPSA) is 96.3 Å². The van der Waals surface area contributed by atoms with Gasteiger partial charge in [-0.1, -0.05) is 19.3 Å². The largest absolute Gasteiger partial charge is 0.351 e. The van der Waals surface area contributed by atoms with Crippen LogP contribution in [0.3, 0.4) is 0 Å². The summed E-state index contributed by atoms with van der Waals surface area (Å²) in [6.45, 7) is 4.28. The zero-order valence-corrected chi connectivity index (χ0v) is 15.7. The standard InChI is InChI=1S/C18H27N5O3/c1-4-19-15(24)13-10-14-16(25)22(3)18(2,11-23(14)21-13)17(26)20-12-8-6-5-7-9-12/h10,12H,4-9,11H2,1-3H3,(H,19,24)(H,20,26). The first-order valence-electron chi connectivity index (χ1n) is 9.32. The predicted molar refractivity (Wildman–Crippen MR) is 95.7 cm³/mol. The van der Waals surface area contributed by atoms with E-state index in [1.165, 1.54) is 22.1 Å². The number of hydrogen-bond donors (Lipinski definition) is 2. The Morgan fingerprint density at radius 2 is 2.00 bits per heavy atom. The molecule has 3 rings (SSSR count). The summed E-state index contributed by atoms with van der Waals surface area (Å²) < 4.78 is 1.48. The number of hydrogen-bond acceptors (Lipinski definition) is 4. The van der Waals surface area contributed by atoms with E-state index in [0.29, 0.717) is 12.2 Å². The molecule has 8 heteroatoms. The van der Waals surface area contributed by atoms with Gasteiger partial charge in [0.2, 0.25) is 5.91 Å². The van der Waals surface area contributed by atoms with Crippen LogP contribution in [-0.4, -0.2) is 57.6 Å². The van der Waals surface area contributed by atoms with Gasteiger partial charge in [-0.3, -0.25) is 19.1 Å². The average Bonchev–Trinajstić information content (AvgIpc) is 3.05. The number of fused-ring (bicyclic) bond motifs is 1. The van der Waals surface area contributed by atoms with Crippen LogP contribution in [0.15, 0.2) is 6.07 Å². The van der Waals surface area contributed by atoms with E-state index in [2.05, 4.69) is 15.7 Å². The van der Waals surface area contributed by atoms with Gasteiger partial charge in [-0.05, 0) is 26.7 Å². The molecule has 142 valence electrons. The maximum absolute atomic E-state index is 13.0. The second-order valence-electron chi connectivity index (χ2n) is 7.38. The SMILES string of the molecule is CCNC(=O)c1cc2n(n1)CC(C)(C(=O)NC1CCCCC1)N(C)C2=O. The van der Waals surface area contributed by atoms with Gasteiger partial charge >= 0.3 is 0 Å². The van der Waals surface area contributed by atoms with Crippen molar-refractivity contribution in [2.24, 2.45) is 0 Å². The van der Waals surface area contributed by atoms with E-state index in [1.54, 1.807) is 14.0 Å². The summed E-state index contributed by atoms with van der Waals surface area (Å²) in [4.78, 5) is 39.2. The van der Waals surface area contributed by atoms with E-state index in [1.807, 2.05) is 6.92 Å². The molecule has 0 aromatic carbocycles. The van der Waals surface area contributed by atoms with Crippen LogP contribution in [0.1, 0.15) is 66.9 Å². The third-order valence-electron chi connectivity index (χ3n) is 5.50. The van der Waals surface area contributed by atoms with Crippen molar-refractivity contribution in [1.29, 1.82) is 0 Å². The van der Waals surface area contributed by atoms with Gasteiger partial charge < -0.3 is 15.5 Å². The quantitative estimate of drug-likeness (QED) is 0.834. The first-order chi connectivity index (χ1) is 12.4. The second kappa shape index (κ2) is 7.09. The van der Waals surface area contributed by atoms with Gasteiger partial charge in [-0.15, -0.1) is 0 Å². The van der Waals surface area contributed by atoms with Crippen LogP contribution >= 0.6 is 0 Å². The molecule has 8 nitrogen and oxygen atoms in total. The van der Waals surface area contributed by atoms with Crippen LogP contribution < -0.4 is 10.6 Å². The summed E-state index contributed by atoms with van der Waals surface area (Å²) in [5, 5.41) is 10.0. The molecule has 1 unspecified atom stereocenters. The second-order valence-corrected chi connectivity index (χ2v) is 7.38. The zero-order chi connectivity index (χ0) is 18.9. The number of nitrogens with one attached hydrogen (secondary N) is 2. The highest BCUT2D eigenvalue weighted by Gasteiger charge is 2.46. The third-order valence-corrected chi connectivity index (χ3v) is 5.50. The molecule has 26 heavy (non-hydrogen) atoms. The van der Waals surface area contributed by atoms with E-state index in [9.17, 15) is 14.4 Å². The first kappa shape index (κ1) is 18.4. The number of rotatable bonds is 4. The molecule has 3 amide bonds. The molecule has 0 spiro atoms. The lowest BCUT2D eigenvalue weighted by molar-refractivity contribution is -0.133. The van der Waals surface area contributed by atoms with Crippen LogP contribution in [0.4, 0.5) is 0 Å². The lowest BCUT2D eigenvalue weighted by Gasteiger charge is -2.41. The van der Waals surface area contributed by atoms with Gasteiger partial charge in [0.25, 0.3) is 11.8 Å². The van der Waals surface area contributed by atoms with Gasteiger partial charge in [0, 0.05) is 25.7 Å². The molecule has 0 radical (unpaired) electrons. The van der Waals surface area contributed by atoms with Crippen molar-refractivity contribution in [1.82, 2.24) is 25.3 Å². The van der Waals surface area contributed by atoms with Gasteiger partial charge in [-0.25, -0.2) is 0 Å². The maximum Gasteiger partial charge on any atom is 0.272 e. The highest BCUT2D eigenvalue weighted by molar-refractivity contribution is 6.01. The van der Waals surface area contributed by atoms with E-state index in [4.69, 9.17) is 0 Å². The summed E-state index contributed by atoms with van der Waals surface area (Å²) in [6.07, 6.45) is 5.41. The molecule has 0 saturated heterocycles. The smallest absolute Gasteiger partial charge is 0.272 e. The summed E-state index contributed by atoms with van der Waals surface area (Å²) in [6, 6.07) is 1.66. The number of carbonyl (C=O) groups is 3. The zero-order valence-electron chi connectivity index (χ0n) is 15.7. The van der Waals surface area contributed by atoms with Crippen LogP contribution in [0.25, 0.3) is 0 Å². The van der Waals surface area contributed by atoms with Crippen LogP contribution in [0.5, 0.6) is 0 Å². The number of amides is 3. The van der Waals surface area contributed by atoms with E-state index in [-0.39, 0.29) is 36.0 Å². The van der Waals surface area contributed by atoms with Gasteiger partial charge in [0.1, 0.15) is 11.2 Å². The summed E-state index contributed by atoms with van der Waals surface area (Å²) in [5.41, 5.74) is -0.510. The molecule has 0 bridgehead atoms. The molecule has 2 N–H and O–H groups in total. The molecule has 1 fully saturated rings. The number of likely N-dealkylation sites (N-methyl/N-ethyl adjacent to an activating group) is 1. The Hall–Kier alpha value is -2.38. The number of carbonyl (C=O) groups excluding carboxylic acids is 3. The Balaban J connectivity index is 1.82. The van der Waals surface area contributed by atoms with E-state index >= 15 is 0 Å². The van der Waals surface area contributed by atoms with E-state index < -0.39 is 5.54 Å². The fourth-order valence-electron chi connectivity index (χ4n) is 3.68. The van der Waals surface area contributed by atoms with Crippen molar-refractivity contribution in [2.75, 3.05) is 13.6 Å². The fraction of sp³-hybridized carbons (Fsp3) is 0.667. The average molecular weight is 361 g/mol. The van der Waals surface area contributed by atoms with Crippen LogP contribution in [0, 0.1) is 0 Å². The Morgan fingerprint density at radius 3 is 2.65 bits per heavy atom. The highest BCUT2D eigenvalue weighted by atomic mass is 16.2. The third kappa shape index (κ3) is 3.20. The minimum Gasteiger partial charge on any atom is -0.351 e. The maximum atomic E-state index is 13.0. The normalized spacial score (nSPS) is 23.5. The molecule has 1 saturated carbocycles. The monoisotopic (exact) mass is 361 g/mol. The molecular formula is C18H27N5O3. The van der Waals surface area contributed by atoms with Crippen molar-refractivity contribution in [3.05, 3.63) is 17.5 Å².